The lowest BCUT2D eigenvalue weighted by molar-refractivity contribution is -0.133. The fourth-order valence-electron chi connectivity index (χ4n) is 3.81. The number of aliphatic carboxylic acids is 1. The Kier molecular flexibility index (Phi) is 4.04. The largest absolute Gasteiger partial charge is 0.478 e. The molecule has 2 aromatic carbocycles. The topological polar surface area (TPSA) is 66.4 Å². The Morgan fingerprint density at radius 2 is 1.76 bits per heavy atom. The standard InChI is InChI=1S/C21H21NO3/c23-20(22-19-8-4-3-7-16(19)21(24)25)18-12-17(18)15-10-9-13-5-1-2-6-14(13)11-15/h1-2,5-6,9-11,17-18H,3-4,7-8,12H2,(H,22,23)(H,24,25)/t17-,18-/m0/s1. The van der Waals surface area contributed by atoms with Crippen LogP contribution >= 0.6 is 0 Å². The number of carboxylic acid groups (broad SMARTS) is 1. The molecule has 4 heteroatoms. The number of rotatable bonds is 4. The lowest BCUT2D eigenvalue weighted by atomic mass is 9.96. The number of hydrogen-bond donors (Lipinski definition) is 2. The van der Waals surface area contributed by atoms with Gasteiger partial charge < -0.3 is 10.4 Å². The summed E-state index contributed by atoms with van der Waals surface area (Å²) in [6.45, 7) is 0. The molecule has 2 aliphatic rings. The van der Waals surface area contributed by atoms with Crippen LogP contribution in [0.3, 0.4) is 0 Å². The fraction of sp³-hybridized carbons (Fsp3) is 0.333. The van der Waals surface area contributed by atoms with Crippen LogP contribution in [0.2, 0.25) is 0 Å². The van der Waals surface area contributed by atoms with Crippen LogP contribution in [0, 0.1) is 5.92 Å². The number of amides is 1. The molecule has 25 heavy (non-hydrogen) atoms. The Bertz CT molecular complexity index is 884. The third-order valence-corrected chi connectivity index (χ3v) is 5.33. The second-order valence-electron chi connectivity index (χ2n) is 7.01. The minimum atomic E-state index is -0.906. The van der Waals surface area contributed by atoms with Gasteiger partial charge in [0.25, 0.3) is 0 Å². The van der Waals surface area contributed by atoms with E-state index in [2.05, 4.69) is 35.6 Å². The molecule has 4 rings (SSSR count). The first kappa shape index (κ1) is 15.9. The molecule has 0 saturated heterocycles. The molecule has 2 aromatic rings. The molecule has 1 fully saturated rings. The van der Waals surface area contributed by atoms with Crippen molar-refractivity contribution >= 4 is 22.6 Å². The summed E-state index contributed by atoms with van der Waals surface area (Å²) >= 11 is 0. The Labute approximate surface area is 146 Å². The second-order valence-corrected chi connectivity index (χ2v) is 7.01. The Morgan fingerprint density at radius 3 is 2.56 bits per heavy atom. The first-order valence-electron chi connectivity index (χ1n) is 8.88. The van der Waals surface area contributed by atoms with Gasteiger partial charge in [-0.2, -0.15) is 0 Å². The summed E-state index contributed by atoms with van der Waals surface area (Å²) in [5.74, 6) is -0.751. The van der Waals surface area contributed by atoms with Crippen molar-refractivity contribution in [3.05, 3.63) is 59.3 Å². The van der Waals surface area contributed by atoms with E-state index in [1.807, 2.05) is 12.1 Å². The minimum absolute atomic E-state index is 0.0335. The first-order chi connectivity index (χ1) is 12.1. The molecule has 1 amide bonds. The maximum Gasteiger partial charge on any atom is 0.333 e. The van der Waals surface area contributed by atoms with E-state index in [0.717, 1.165) is 19.3 Å². The zero-order chi connectivity index (χ0) is 17.4. The summed E-state index contributed by atoms with van der Waals surface area (Å²) in [6.07, 6.45) is 3.85. The van der Waals surface area contributed by atoms with Gasteiger partial charge in [0.15, 0.2) is 0 Å². The van der Waals surface area contributed by atoms with Crippen LogP contribution in [0.5, 0.6) is 0 Å². The predicted molar refractivity (Wildman–Crippen MR) is 96.1 cm³/mol. The summed E-state index contributed by atoms with van der Waals surface area (Å²) < 4.78 is 0. The molecule has 2 aliphatic carbocycles. The Morgan fingerprint density at radius 1 is 1.00 bits per heavy atom. The first-order valence-corrected chi connectivity index (χ1v) is 8.88. The fourth-order valence-corrected chi connectivity index (χ4v) is 3.81. The minimum Gasteiger partial charge on any atom is -0.478 e. The van der Waals surface area contributed by atoms with Crippen LogP contribution in [-0.2, 0) is 9.59 Å². The summed E-state index contributed by atoms with van der Waals surface area (Å²) in [7, 11) is 0. The number of allylic oxidation sites excluding steroid dienone is 1. The van der Waals surface area contributed by atoms with Crippen molar-refractivity contribution in [2.24, 2.45) is 5.92 Å². The number of nitrogens with one attached hydrogen (secondary N) is 1. The van der Waals surface area contributed by atoms with Crippen LogP contribution in [0.25, 0.3) is 10.8 Å². The van der Waals surface area contributed by atoms with Gasteiger partial charge in [-0.25, -0.2) is 4.79 Å². The molecule has 0 spiro atoms. The summed E-state index contributed by atoms with van der Waals surface area (Å²) in [5, 5.41) is 14.6. The summed E-state index contributed by atoms with van der Waals surface area (Å²) in [5.41, 5.74) is 2.19. The van der Waals surface area contributed by atoms with Gasteiger partial charge in [-0.3, -0.25) is 4.79 Å². The van der Waals surface area contributed by atoms with Gasteiger partial charge in [-0.05, 0) is 54.4 Å². The zero-order valence-electron chi connectivity index (χ0n) is 14.0. The Hall–Kier alpha value is -2.62. The number of benzene rings is 2. The van der Waals surface area contributed by atoms with E-state index in [1.54, 1.807) is 0 Å². The zero-order valence-corrected chi connectivity index (χ0v) is 14.0. The van der Waals surface area contributed by atoms with Gasteiger partial charge >= 0.3 is 5.97 Å². The van der Waals surface area contributed by atoms with Crippen molar-refractivity contribution in [3.63, 3.8) is 0 Å². The lowest BCUT2D eigenvalue weighted by Gasteiger charge is -2.18. The average molecular weight is 335 g/mol. The summed E-state index contributed by atoms with van der Waals surface area (Å²) in [6, 6.07) is 14.6. The van der Waals surface area contributed by atoms with Crippen molar-refractivity contribution in [3.8, 4) is 0 Å². The van der Waals surface area contributed by atoms with Crippen molar-refractivity contribution in [2.75, 3.05) is 0 Å². The molecule has 4 nitrogen and oxygen atoms in total. The third-order valence-electron chi connectivity index (χ3n) is 5.33. The SMILES string of the molecule is O=C(O)C1=C(NC(=O)[C@H]2C[C@H]2c2ccc3ccccc3c2)CCCC1. The highest BCUT2D eigenvalue weighted by molar-refractivity contribution is 5.91. The maximum absolute atomic E-state index is 12.6. The van der Waals surface area contributed by atoms with Gasteiger partial charge in [-0.15, -0.1) is 0 Å². The molecule has 0 bridgehead atoms. The quantitative estimate of drug-likeness (QED) is 0.888. The van der Waals surface area contributed by atoms with E-state index in [9.17, 15) is 14.7 Å². The van der Waals surface area contributed by atoms with Crippen molar-refractivity contribution in [1.29, 1.82) is 0 Å². The van der Waals surface area contributed by atoms with E-state index in [0.29, 0.717) is 24.1 Å². The molecule has 0 unspecified atom stereocenters. The van der Waals surface area contributed by atoms with Crippen molar-refractivity contribution in [2.45, 2.75) is 38.0 Å². The highest BCUT2D eigenvalue weighted by Crippen LogP contribution is 2.48. The molecule has 0 radical (unpaired) electrons. The second kappa shape index (κ2) is 6.36. The molecule has 2 atom stereocenters. The number of carbonyl (C=O) groups excluding carboxylic acids is 1. The van der Waals surface area contributed by atoms with Crippen LogP contribution in [0.15, 0.2) is 53.7 Å². The van der Waals surface area contributed by atoms with Crippen molar-refractivity contribution in [1.82, 2.24) is 5.32 Å². The average Bonchev–Trinajstić information content (AvgIpc) is 3.42. The number of carboxylic acids is 1. The van der Waals surface area contributed by atoms with E-state index in [4.69, 9.17) is 0 Å². The van der Waals surface area contributed by atoms with Crippen LogP contribution < -0.4 is 5.32 Å². The number of carbonyl (C=O) groups is 2. The molecule has 1 saturated carbocycles. The lowest BCUT2D eigenvalue weighted by Crippen LogP contribution is -2.28. The van der Waals surface area contributed by atoms with Gasteiger partial charge in [-0.1, -0.05) is 42.5 Å². The molecule has 0 aromatic heterocycles. The maximum atomic E-state index is 12.6. The monoisotopic (exact) mass is 335 g/mol. The number of fused-ring (bicyclic) bond motifs is 1. The van der Waals surface area contributed by atoms with Crippen LogP contribution in [-0.4, -0.2) is 17.0 Å². The van der Waals surface area contributed by atoms with E-state index < -0.39 is 5.97 Å². The predicted octanol–water partition coefficient (Wildman–Crippen LogP) is 3.97. The van der Waals surface area contributed by atoms with Gasteiger partial charge in [0, 0.05) is 11.6 Å². The van der Waals surface area contributed by atoms with Gasteiger partial charge in [0.05, 0.1) is 5.57 Å². The molecule has 0 aliphatic heterocycles. The van der Waals surface area contributed by atoms with Gasteiger partial charge in [0.2, 0.25) is 5.91 Å². The van der Waals surface area contributed by atoms with E-state index in [-0.39, 0.29) is 17.7 Å². The molecule has 2 N–H and O–H groups in total. The van der Waals surface area contributed by atoms with Gasteiger partial charge in [0.1, 0.15) is 0 Å². The van der Waals surface area contributed by atoms with Crippen LogP contribution in [0.1, 0.15) is 43.6 Å². The van der Waals surface area contributed by atoms with Crippen LogP contribution in [0.4, 0.5) is 0 Å². The van der Waals surface area contributed by atoms with Crippen molar-refractivity contribution < 1.29 is 14.7 Å². The van der Waals surface area contributed by atoms with E-state index in [1.165, 1.54) is 16.3 Å². The van der Waals surface area contributed by atoms with E-state index >= 15 is 0 Å². The highest BCUT2D eigenvalue weighted by atomic mass is 16.4. The molecule has 0 heterocycles. The smallest absolute Gasteiger partial charge is 0.333 e. The third kappa shape index (κ3) is 3.16. The summed E-state index contributed by atoms with van der Waals surface area (Å²) in [4.78, 5) is 23.9. The Balaban J connectivity index is 1.48. The molecule has 128 valence electrons. The number of hydrogen-bond acceptors (Lipinski definition) is 2. The molecular weight excluding hydrogens is 314 g/mol. The normalized spacial score (nSPS) is 22.7. The highest BCUT2D eigenvalue weighted by Gasteiger charge is 2.44. The molecular formula is C21H21NO3.